The number of likely N-dealkylation sites (tertiary alicyclic amines) is 1. The highest BCUT2D eigenvalue weighted by Gasteiger charge is 2.43. The third-order valence-corrected chi connectivity index (χ3v) is 7.97. The Morgan fingerprint density at radius 2 is 1.94 bits per heavy atom. The zero-order valence-corrected chi connectivity index (χ0v) is 20.3. The predicted octanol–water partition coefficient (Wildman–Crippen LogP) is 5.22. The summed E-state index contributed by atoms with van der Waals surface area (Å²) in [6.07, 6.45) is 6.66. The van der Waals surface area contributed by atoms with E-state index in [4.69, 9.17) is 0 Å². The molecule has 176 valence electrons. The number of rotatable bonds is 5. The van der Waals surface area contributed by atoms with E-state index in [1.165, 1.54) is 29.5 Å². The number of hydrogen-bond donors (Lipinski definition) is 1. The molecule has 3 aliphatic heterocycles. The summed E-state index contributed by atoms with van der Waals surface area (Å²) in [5.74, 6) is 1.30. The number of fused-ring (bicyclic) bond motifs is 4. The van der Waals surface area contributed by atoms with E-state index in [2.05, 4.69) is 71.4 Å². The van der Waals surface area contributed by atoms with Crippen molar-refractivity contribution in [1.82, 2.24) is 15.1 Å². The van der Waals surface area contributed by atoms with Gasteiger partial charge in [-0.05, 0) is 72.6 Å². The van der Waals surface area contributed by atoms with Crippen molar-refractivity contribution in [3.8, 4) is 0 Å². The van der Waals surface area contributed by atoms with Gasteiger partial charge in [-0.15, -0.1) is 0 Å². The molecule has 0 aromatic heterocycles. The summed E-state index contributed by atoms with van der Waals surface area (Å²) >= 11 is 0. The second kappa shape index (κ2) is 9.89. The van der Waals surface area contributed by atoms with Crippen LogP contribution < -0.4 is 5.32 Å². The van der Waals surface area contributed by atoms with Crippen LogP contribution in [0.25, 0.3) is 0 Å². The molecule has 2 aromatic carbocycles. The molecule has 2 fully saturated rings. The Bertz CT molecular complexity index is 957. The van der Waals surface area contributed by atoms with Gasteiger partial charge in [0, 0.05) is 38.3 Å². The molecule has 2 amide bonds. The molecule has 3 heterocycles. The standard InChI is InChI=1S/C29H39N3O/c1-21(2)17-23-10-11-26-24(18-23)13-16-31-20-25-9-6-15-32(27(25)19-28(26)31)29(33)30-14-12-22-7-4-3-5-8-22/h3-5,7-8,10-11,18,21,25,27-28H,6,9,12-17,19-20H2,1-2H3,(H,30,33)/t25-,27+,28-/m1/s1. The summed E-state index contributed by atoms with van der Waals surface area (Å²) in [5, 5.41) is 3.22. The van der Waals surface area contributed by atoms with Gasteiger partial charge in [-0.25, -0.2) is 4.79 Å². The van der Waals surface area contributed by atoms with Crippen molar-refractivity contribution in [2.24, 2.45) is 11.8 Å². The van der Waals surface area contributed by atoms with Crippen LogP contribution >= 0.6 is 0 Å². The highest BCUT2D eigenvalue weighted by atomic mass is 16.2. The molecule has 1 N–H and O–H groups in total. The number of nitrogens with one attached hydrogen (secondary N) is 1. The van der Waals surface area contributed by atoms with Crippen molar-refractivity contribution in [2.45, 2.75) is 64.5 Å². The summed E-state index contributed by atoms with van der Waals surface area (Å²) in [5.41, 5.74) is 5.81. The lowest BCUT2D eigenvalue weighted by atomic mass is 9.76. The minimum atomic E-state index is 0.136. The maximum Gasteiger partial charge on any atom is 0.317 e. The highest BCUT2D eigenvalue weighted by Crippen LogP contribution is 2.43. The van der Waals surface area contributed by atoms with Crippen molar-refractivity contribution in [2.75, 3.05) is 26.2 Å². The molecule has 0 radical (unpaired) electrons. The van der Waals surface area contributed by atoms with Crippen molar-refractivity contribution >= 4 is 6.03 Å². The van der Waals surface area contributed by atoms with Gasteiger partial charge < -0.3 is 10.2 Å². The van der Waals surface area contributed by atoms with Crippen molar-refractivity contribution in [1.29, 1.82) is 0 Å². The Morgan fingerprint density at radius 1 is 1.09 bits per heavy atom. The molecule has 33 heavy (non-hydrogen) atoms. The Kier molecular flexibility index (Phi) is 6.73. The first kappa shape index (κ1) is 22.5. The maximum atomic E-state index is 13.2. The molecule has 0 spiro atoms. The molecular formula is C29H39N3O. The number of urea groups is 1. The van der Waals surface area contributed by atoms with Gasteiger partial charge in [-0.3, -0.25) is 4.90 Å². The average Bonchev–Trinajstić information content (AvgIpc) is 2.82. The number of amides is 2. The Labute approximate surface area is 199 Å². The Balaban J connectivity index is 1.27. The molecular weight excluding hydrogens is 406 g/mol. The van der Waals surface area contributed by atoms with Crippen molar-refractivity contribution in [3.63, 3.8) is 0 Å². The fraction of sp³-hybridized carbons (Fsp3) is 0.552. The van der Waals surface area contributed by atoms with Crippen LogP contribution in [-0.2, 0) is 19.3 Å². The van der Waals surface area contributed by atoms with E-state index in [0.29, 0.717) is 30.5 Å². The normalized spacial score (nSPS) is 24.7. The molecule has 3 aliphatic rings. The molecule has 0 bridgehead atoms. The number of benzene rings is 2. The van der Waals surface area contributed by atoms with Crippen LogP contribution in [0.15, 0.2) is 48.5 Å². The lowest BCUT2D eigenvalue weighted by Crippen LogP contribution is -2.59. The monoisotopic (exact) mass is 445 g/mol. The molecule has 2 saturated heterocycles. The van der Waals surface area contributed by atoms with Crippen LogP contribution in [0, 0.1) is 11.8 Å². The minimum Gasteiger partial charge on any atom is -0.338 e. The van der Waals surface area contributed by atoms with Gasteiger partial charge in [0.1, 0.15) is 0 Å². The zero-order chi connectivity index (χ0) is 22.8. The van der Waals surface area contributed by atoms with Gasteiger partial charge in [0.05, 0.1) is 0 Å². The summed E-state index contributed by atoms with van der Waals surface area (Å²) in [4.78, 5) is 18.1. The quantitative estimate of drug-likeness (QED) is 0.685. The van der Waals surface area contributed by atoms with E-state index in [1.807, 2.05) is 6.07 Å². The number of hydrogen-bond acceptors (Lipinski definition) is 2. The summed E-state index contributed by atoms with van der Waals surface area (Å²) < 4.78 is 0. The summed E-state index contributed by atoms with van der Waals surface area (Å²) in [7, 11) is 0. The van der Waals surface area contributed by atoms with Gasteiger partial charge in [0.15, 0.2) is 0 Å². The number of piperidine rings is 2. The van der Waals surface area contributed by atoms with E-state index in [9.17, 15) is 4.79 Å². The summed E-state index contributed by atoms with van der Waals surface area (Å²) in [6, 6.07) is 18.6. The second-order valence-corrected chi connectivity index (χ2v) is 10.8. The molecule has 4 nitrogen and oxygen atoms in total. The maximum absolute atomic E-state index is 13.2. The molecule has 2 aromatic rings. The molecule has 4 heteroatoms. The molecule has 0 saturated carbocycles. The lowest BCUT2D eigenvalue weighted by molar-refractivity contribution is 0.00578. The Hall–Kier alpha value is -2.33. The topological polar surface area (TPSA) is 35.6 Å². The Morgan fingerprint density at radius 3 is 2.76 bits per heavy atom. The van der Waals surface area contributed by atoms with Gasteiger partial charge >= 0.3 is 6.03 Å². The molecule has 0 aliphatic carbocycles. The van der Waals surface area contributed by atoms with Crippen LogP contribution in [-0.4, -0.2) is 48.1 Å². The minimum absolute atomic E-state index is 0.136. The lowest BCUT2D eigenvalue weighted by Gasteiger charge is -2.52. The fourth-order valence-electron chi connectivity index (χ4n) is 6.42. The molecule has 0 unspecified atom stereocenters. The van der Waals surface area contributed by atoms with E-state index in [1.54, 1.807) is 5.56 Å². The van der Waals surface area contributed by atoms with Gasteiger partial charge in [-0.1, -0.05) is 62.4 Å². The van der Waals surface area contributed by atoms with Crippen LogP contribution in [0.3, 0.4) is 0 Å². The molecule has 3 atom stereocenters. The number of nitrogens with zero attached hydrogens (tertiary/aromatic N) is 2. The van der Waals surface area contributed by atoms with Crippen LogP contribution in [0.5, 0.6) is 0 Å². The van der Waals surface area contributed by atoms with Gasteiger partial charge in [0.2, 0.25) is 0 Å². The first-order chi connectivity index (χ1) is 16.1. The highest BCUT2D eigenvalue weighted by molar-refractivity contribution is 5.74. The predicted molar refractivity (Wildman–Crippen MR) is 134 cm³/mol. The van der Waals surface area contributed by atoms with E-state index in [0.717, 1.165) is 45.3 Å². The SMILES string of the molecule is CC(C)Cc1ccc2c(c1)CCN1C[C@H]3CCCN(C(=O)NCCc4ccccc4)[C@H]3C[C@H]21. The first-order valence-electron chi connectivity index (χ1n) is 13.0. The van der Waals surface area contributed by atoms with Gasteiger partial charge in [-0.2, -0.15) is 0 Å². The van der Waals surface area contributed by atoms with Crippen molar-refractivity contribution in [3.05, 3.63) is 70.8 Å². The third-order valence-electron chi connectivity index (χ3n) is 7.97. The first-order valence-corrected chi connectivity index (χ1v) is 13.0. The zero-order valence-electron chi connectivity index (χ0n) is 20.3. The smallest absolute Gasteiger partial charge is 0.317 e. The molecule has 5 rings (SSSR count). The number of carbonyl (C=O) groups is 1. The fourth-order valence-corrected chi connectivity index (χ4v) is 6.42. The van der Waals surface area contributed by atoms with Gasteiger partial charge in [0.25, 0.3) is 0 Å². The number of carbonyl (C=O) groups excluding carboxylic acids is 1. The summed E-state index contributed by atoms with van der Waals surface area (Å²) in [6.45, 7) is 8.49. The van der Waals surface area contributed by atoms with Crippen LogP contribution in [0.4, 0.5) is 4.79 Å². The van der Waals surface area contributed by atoms with Crippen molar-refractivity contribution < 1.29 is 4.79 Å². The van der Waals surface area contributed by atoms with E-state index >= 15 is 0 Å². The van der Waals surface area contributed by atoms with Crippen LogP contribution in [0.1, 0.15) is 61.4 Å². The van der Waals surface area contributed by atoms with E-state index in [-0.39, 0.29) is 6.03 Å². The largest absolute Gasteiger partial charge is 0.338 e. The second-order valence-electron chi connectivity index (χ2n) is 10.8. The van der Waals surface area contributed by atoms with Crippen LogP contribution in [0.2, 0.25) is 0 Å². The average molecular weight is 446 g/mol. The third kappa shape index (κ3) is 4.96. The van der Waals surface area contributed by atoms with E-state index < -0.39 is 0 Å².